The number of aliphatic hydroxyl groups excluding tert-OH is 2. The molecule has 0 aromatic heterocycles. The summed E-state index contributed by atoms with van der Waals surface area (Å²) in [5.74, 6) is -5.16. The third kappa shape index (κ3) is 14.8. The highest BCUT2D eigenvalue weighted by Crippen LogP contribution is 2.64. The predicted octanol–water partition coefficient (Wildman–Crippen LogP) is 2.64. The van der Waals surface area contributed by atoms with Crippen LogP contribution in [-0.2, 0) is 76.1 Å². The van der Waals surface area contributed by atoms with Gasteiger partial charge in [0.1, 0.15) is 61.5 Å². The maximum absolute atomic E-state index is 15.3. The maximum atomic E-state index is 15.3. The van der Waals surface area contributed by atoms with Crippen molar-refractivity contribution in [2.75, 3.05) is 79.2 Å². The first-order valence-electron chi connectivity index (χ1n) is 26.8. The van der Waals surface area contributed by atoms with Crippen molar-refractivity contribution < 1.29 is 101 Å². The molecule has 1 aliphatic heterocycles. The number of ketones is 1. The van der Waals surface area contributed by atoms with Gasteiger partial charge in [0.05, 0.1) is 75.9 Å². The minimum atomic E-state index is -2.49. The highest BCUT2D eigenvalue weighted by Gasteiger charge is 2.78. The van der Waals surface area contributed by atoms with Crippen LogP contribution >= 0.6 is 0 Å². The molecular weight excluding hydrogens is 1060 g/mol. The number of ether oxygens (including phenoxy) is 11. The van der Waals surface area contributed by atoms with Gasteiger partial charge < -0.3 is 78.1 Å². The Morgan fingerprint density at radius 3 is 2.02 bits per heavy atom. The lowest BCUT2D eigenvalue weighted by Gasteiger charge is -2.67. The Balaban J connectivity index is 1.27. The number of alkyl carbamates (subject to hydrolysis) is 1. The van der Waals surface area contributed by atoms with Gasteiger partial charge in [-0.1, -0.05) is 68.3 Å². The number of carbonyl (C=O) groups is 7. The Labute approximate surface area is 470 Å². The van der Waals surface area contributed by atoms with Gasteiger partial charge >= 0.3 is 30.0 Å². The van der Waals surface area contributed by atoms with Crippen molar-refractivity contribution >= 4 is 41.7 Å². The number of hydrogen-bond donors (Lipinski definition) is 5. The summed E-state index contributed by atoms with van der Waals surface area (Å²) in [6.45, 7) is 12.3. The molecule has 2 aromatic rings. The Morgan fingerprint density at radius 2 is 1.44 bits per heavy atom. The van der Waals surface area contributed by atoms with E-state index in [1.807, 2.05) is 0 Å². The zero-order chi connectivity index (χ0) is 59.3. The van der Waals surface area contributed by atoms with Crippen LogP contribution in [0.2, 0.25) is 0 Å². The van der Waals surface area contributed by atoms with E-state index in [4.69, 9.17) is 58.5 Å². The Bertz CT molecular complexity index is 2620. The van der Waals surface area contributed by atoms with Crippen LogP contribution in [0, 0.1) is 29.1 Å². The van der Waals surface area contributed by atoms with Gasteiger partial charge in [0.2, 0.25) is 12.0 Å². The Kier molecular flexibility index (Phi) is 21.8. The lowest BCUT2D eigenvalue weighted by molar-refractivity contribution is -0.346. The van der Waals surface area contributed by atoms with E-state index < -0.39 is 138 Å². The van der Waals surface area contributed by atoms with Crippen molar-refractivity contribution in [1.82, 2.24) is 10.6 Å². The molecule has 2 bridgehead atoms. The molecule has 2 amide bonds. The summed E-state index contributed by atoms with van der Waals surface area (Å²) in [5.41, 5.74) is -9.04. The van der Waals surface area contributed by atoms with Gasteiger partial charge in [0.25, 0.3) is 0 Å². The number of amides is 2. The van der Waals surface area contributed by atoms with Crippen molar-refractivity contribution in [1.29, 1.82) is 0 Å². The Hall–Kier alpha value is -6.33. The third-order valence-electron chi connectivity index (χ3n) is 15.1. The SMILES string of the molecule is C#CCOCCOCCOCCOCCNC(=O)COCC(=O)O[C@@H](C(=O)O[C@H]1C[C@@]2(O)[C@@H](OC(=O)c3ccccc3)[C@@H]3[C@]4(OC(C)=O)CO[C@@H]4C[C@H](O)[C@@]3(C)C(=O)[C@H](O)C(=C1C)C2(C)C)[C@@H](NC(=O)OC(C)(C)C)c1ccccc1. The van der Waals surface area contributed by atoms with Crippen LogP contribution in [0.1, 0.15) is 90.2 Å². The van der Waals surface area contributed by atoms with Crippen LogP contribution in [0.5, 0.6) is 0 Å². The first-order chi connectivity index (χ1) is 38.3. The average molecular weight is 1140 g/mol. The van der Waals surface area contributed by atoms with Crippen LogP contribution in [0.25, 0.3) is 0 Å². The fourth-order valence-corrected chi connectivity index (χ4v) is 11.2. The molecule has 2 aromatic carbocycles. The van der Waals surface area contributed by atoms with E-state index in [-0.39, 0.29) is 68.3 Å². The van der Waals surface area contributed by atoms with Crippen LogP contribution < -0.4 is 10.6 Å². The van der Waals surface area contributed by atoms with E-state index in [2.05, 4.69) is 16.6 Å². The molecular formula is C58H76N2O21. The lowest BCUT2D eigenvalue weighted by atomic mass is 9.44. The maximum Gasteiger partial charge on any atom is 0.408 e. The molecule has 6 rings (SSSR count). The molecule has 5 N–H and O–H groups in total. The zero-order valence-electron chi connectivity index (χ0n) is 47.1. The molecule has 3 aliphatic carbocycles. The largest absolute Gasteiger partial charge is 0.455 e. The predicted molar refractivity (Wildman–Crippen MR) is 283 cm³/mol. The summed E-state index contributed by atoms with van der Waals surface area (Å²) in [5, 5.41) is 43.5. The number of hydrogen-bond acceptors (Lipinski definition) is 21. The van der Waals surface area contributed by atoms with E-state index in [0.29, 0.717) is 26.4 Å². The molecule has 1 saturated heterocycles. The van der Waals surface area contributed by atoms with E-state index in [9.17, 15) is 39.3 Å². The highest BCUT2D eigenvalue weighted by molar-refractivity contribution is 5.94. The number of benzene rings is 2. The normalized spacial score (nSPS) is 27.2. The fraction of sp³-hybridized carbons (Fsp3) is 0.603. The van der Waals surface area contributed by atoms with E-state index in [1.54, 1.807) is 57.2 Å². The first kappa shape index (κ1) is 63.8. The van der Waals surface area contributed by atoms with Gasteiger partial charge in [-0.05, 0) is 63.5 Å². The summed E-state index contributed by atoms with van der Waals surface area (Å²) in [6.07, 6.45) is -7.21. The summed E-state index contributed by atoms with van der Waals surface area (Å²) in [7, 11) is 0. The monoisotopic (exact) mass is 1140 g/mol. The number of aliphatic hydroxyl groups is 3. The molecule has 23 nitrogen and oxygen atoms in total. The van der Waals surface area contributed by atoms with Crippen molar-refractivity contribution in [3.63, 3.8) is 0 Å². The van der Waals surface area contributed by atoms with Crippen LogP contribution in [-0.4, -0.2) is 190 Å². The van der Waals surface area contributed by atoms with Gasteiger partial charge in [0.15, 0.2) is 11.4 Å². The fourth-order valence-electron chi connectivity index (χ4n) is 11.2. The highest BCUT2D eigenvalue weighted by atomic mass is 16.6. The van der Waals surface area contributed by atoms with Crippen molar-refractivity contribution in [3.8, 4) is 12.3 Å². The molecule has 81 heavy (non-hydrogen) atoms. The van der Waals surface area contributed by atoms with E-state index >= 15 is 9.59 Å². The standard InChI is InChI=1S/C58H76N2O21/c1-10-22-71-24-26-73-28-29-74-27-25-72-23-21-59-42(63)32-75-33-43(64)78-47(45(37-17-13-11-14-18-37)60-53(69)81-54(4,5)6)52(68)77-39-31-58(70)50(79-51(67)38-19-15-12-16-20-38)48-56(9,49(66)46(65)44(35(39)2)55(58,7)8)40(62)30-41-57(48,34-76-41)80-36(3)61/h1,11-20,39-41,45-48,50,62,65,70H,21-34H2,2-9H3,(H,59,63)(H,60,69)/t39-,40-,41+,45-,46+,47+,48-,50-,56+,57-,58+/m0/s1. The molecule has 3 fully saturated rings. The molecule has 444 valence electrons. The molecule has 0 spiro atoms. The number of rotatable bonds is 26. The number of terminal acetylenes is 1. The number of fused-ring (bicyclic) bond motifs is 5. The molecule has 0 unspecified atom stereocenters. The van der Waals surface area contributed by atoms with Crippen LogP contribution in [0.4, 0.5) is 4.79 Å². The summed E-state index contributed by atoms with van der Waals surface area (Å²) >= 11 is 0. The van der Waals surface area contributed by atoms with E-state index in [1.165, 1.54) is 52.0 Å². The molecule has 1 heterocycles. The van der Waals surface area contributed by atoms with Gasteiger partial charge in [-0.2, -0.15) is 0 Å². The van der Waals surface area contributed by atoms with Crippen LogP contribution in [0.15, 0.2) is 71.8 Å². The first-order valence-corrected chi connectivity index (χ1v) is 26.8. The third-order valence-corrected chi connectivity index (χ3v) is 15.1. The van der Waals surface area contributed by atoms with Gasteiger partial charge in [-0.15, -0.1) is 6.42 Å². The van der Waals surface area contributed by atoms with Crippen molar-refractivity contribution in [2.24, 2.45) is 16.7 Å². The minimum Gasteiger partial charge on any atom is -0.455 e. The number of Topliss-reactive ketones (excluding diaryl/α,β-unsaturated/α-hetero) is 1. The summed E-state index contributed by atoms with van der Waals surface area (Å²) in [4.78, 5) is 98.0. The van der Waals surface area contributed by atoms with E-state index in [0.717, 1.165) is 6.92 Å². The molecule has 4 aliphatic rings. The Morgan fingerprint density at radius 1 is 0.840 bits per heavy atom. The average Bonchev–Trinajstić information content (AvgIpc) is 1.77. The second-order valence-corrected chi connectivity index (χ2v) is 22.0. The van der Waals surface area contributed by atoms with Gasteiger partial charge in [-0.25, -0.2) is 19.2 Å². The number of carbonyl (C=O) groups excluding carboxylic acids is 7. The van der Waals surface area contributed by atoms with Crippen molar-refractivity contribution in [2.45, 2.75) is 128 Å². The minimum absolute atomic E-state index is 0.0271. The second-order valence-electron chi connectivity index (χ2n) is 22.0. The molecule has 2 saturated carbocycles. The quantitative estimate of drug-likeness (QED) is 0.0297. The topological polar surface area (TPSA) is 306 Å². The number of nitrogens with one attached hydrogen (secondary N) is 2. The molecule has 23 heteroatoms. The smallest absolute Gasteiger partial charge is 0.408 e. The van der Waals surface area contributed by atoms with Crippen molar-refractivity contribution in [3.05, 3.63) is 82.9 Å². The summed E-state index contributed by atoms with van der Waals surface area (Å²) in [6, 6.07) is 14.1. The lowest BCUT2D eigenvalue weighted by Crippen LogP contribution is -2.81. The van der Waals surface area contributed by atoms with Gasteiger partial charge in [0, 0.05) is 31.7 Å². The zero-order valence-corrected chi connectivity index (χ0v) is 47.1. The van der Waals surface area contributed by atoms with Crippen LogP contribution in [0.3, 0.4) is 0 Å². The second kappa shape index (κ2) is 27.6. The number of esters is 4. The molecule has 11 atom stereocenters. The van der Waals surface area contributed by atoms with Gasteiger partial charge in [-0.3, -0.25) is 14.4 Å². The molecule has 0 radical (unpaired) electrons. The summed E-state index contributed by atoms with van der Waals surface area (Å²) < 4.78 is 62.8.